The monoisotopic (exact) mass is 254 g/mol. The van der Waals surface area contributed by atoms with E-state index in [0.717, 1.165) is 0 Å². The summed E-state index contributed by atoms with van der Waals surface area (Å²) in [5, 5.41) is 3.01. The molecule has 0 saturated carbocycles. The molecule has 6 nitrogen and oxygen atoms in total. The molecule has 1 aliphatic rings. The molecule has 1 saturated heterocycles. The largest absolute Gasteiger partial charge is 0.760 e. The van der Waals surface area contributed by atoms with E-state index in [-0.39, 0.29) is 5.78 Å². The fourth-order valence-corrected chi connectivity index (χ4v) is 2.41. The molecule has 0 bridgehead atoms. The van der Waals surface area contributed by atoms with E-state index in [4.69, 9.17) is 0 Å². The zero-order valence-electron chi connectivity index (χ0n) is 9.04. The van der Waals surface area contributed by atoms with Crippen molar-refractivity contribution in [3.63, 3.8) is 0 Å². The Morgan fingerprint density at radius 3 is 3.12 bits per heavy atom. The number of rotatable bonds is 3. The van der Waals surface area contributed by atoms with Crippen LogP contribution in [0.15, 0.2) is 24.5 Å². The van der Waals surface area contributed by atoms with Gasteiger partial charge in [-0.15, -0.1) is 0 Å². The van der Waals surface area contributed by atoms with Crippen LogP contribution >= 0.6 is 0 Å². The van der Waals surface area contributed by atoms with E-state index in [9.17, 15) is 13.6 Å². The first-order chi connectivity index (χ1) is 8.20. The van der Waals surface area contributed by atoms with E-state index in [0.29, 0.717) is 25.2 Å². The van der Waals surface area contributed by atoms with Gasteiger partial charge in [0.05, 0.1) is 6.04 Å². The van der Waals surface area contributed by atoms with E-state index >= 15 is 0 Å². The third-order valence-electron chi connectivity index (χ3n) is 2.63. The SMILES string of the molecule is O=C(c1cccnc1)C1CNCCN1S(=O)[O-]. The first kappa shape index (κ1) is 12.3. The number of hydrogen-bond donors (Lipinski definition) is 1. The van der Waals surface area contributed by atoms with Gasteiger partial charge in [-0.25, -0.2) is 4.31 Å². The van der Waals surface area contributed by atoms with Crippen LogP contribution in [0, 0.1) is 0 Å². The fourth-order valence-electron chi connectivity index (χ4n) is 1.79. The molecule has 1 aromatic heterocycles. The Morgan fingerprint density at radius 2 is 2.47 bits per heavy atom. The van der Waals surface area contributed by atoms with Gasteiger partial charge in [-0.1, -0.05) is 0 Å². The number of ketones is 1. The predicted octanol–water partition coefficient (Wildman–Crippen LogP) is -0.668. The van der Waals surface area contributed by atoms with Crippen LogP contribution in [0.4, 0.5) is 0 Å². The Labute approximate surface area is 101 Å². The number of nitrogens with zero attached hydrogens (tertiary/aromatic N) is 2. The van der Waals surface area contributed by atoms with Gasteiger partial charge in [0.1, 0.15) is 0 Å². The summed E-state index contributed by atoms with van der Waals surface area (Å²) in [5.41, 5.74) is 0.427. The maximum absolute atomic E-state index is 12.1. The Bertz CT molecular complexity index is 426. The van der Waals surface area contributed by atoms with Crippen molar-refractivity contribution < 1.29 is 13.6 Å². The summed E-state index contributed by atoms with van der Waals surface area (Å²) in [6.07, 6.45) is 3.02. The number of carbonyl (C=O) groups is 1. The Morgan fingerprint density at radius 1 is 1.65 bits per heavy atom. The minimum Gasteiger partial charge on any atom is -0.760 e. The van der Waals surface area contributed by atoms with Crippen molar-refractivity contribution in [2.45, 2.75) is 6.04 Å². The molecule has 2 atom stereocenters. The summed E-state index contributed by atoms with van der Waals surface area (Å²) >= 11 is -2.37. The number of nitrogens with one attached hydrogen (secondary N) is 1. The average molecular weight is 254 g/mol. The highest BCUT2D eigenvalue weighted by Gasteiger charge is 2.30. The topological polar surface area (TPSA) is 85.4 Å². The molecule has 1 aromatic rings. The molecule has 0 amide bonds. The minimum atomic E-state index is -2.37. The Hall–Kier alpha value is -1.15. The number of carbonyl (C=O) groups excluding carboxylic acids is 1. The van der Waals surface area contributed by atoms with E-state index in [2.05, 4.69) is 10.3 Å². The van der Waals surface area contributed by atoms with Gasteiger partial charge in [0.2, 0.25) is 0 Å². The highest BCUT2D eigenvalue weighted by atomic mass is 32.2. The molecule has 1 aliphatic heterocycles. The molecule has 0 radical (unpaired) electrons. The smallest absolute Gasteiger partial charge is 0.183 e. The van der Waals surface area contributed by atoms with Crippen LogP contribution in [0.5, 0.6) is 0 Å². The lowest BCUT2D eigenvalue weighted by atomic mass is 10.0. The van der Waals surface area contributed by atoms with Crippen LogP contribution in [-0.4, -0.2) is 49.5 Å². The molecule has 0 aromatic carbocycles. The van der Waals surface area contributed by atoms with Crippen molar-refractivity contribution >= 4 is 17.0 Å². The summed E-state index contributed by atoms with van der Waals surface area (Å²) in [4.78, 5) is 16.0. The summed E-state index contributed by atoms with van der Waals surface area (Å²) in [5.74, 6) is -0.227. The number of hydrogen-bond acceptors (Lipinski definition) is 5. The molecule has 1 fully saturated rings. The van der Waals surface area contributed by atoms with Crippen molar-refractivity contribution in [3.05, 3.63) is 30.1 Å². The molecule has 2 heterocycles. The normalized spacial score (nSPS) is 23.2. The summed E-state index contributed by atoms with van der Waals surface area (Å²) in [6, 6.07) is 2.61. The summed E-state index contributed by atoms with van der Waals surface area (Å²) < 4.78 is 23.2. The second-order valence-corrected chi connectivity index (χ2v) is 4.59. The second kappa shape index (κ2) is 5.46. The van der Waals surface area contributed by atoms with Crippen LogP contribution in [0.3, 0.4) is 0 Å². The number of piperazine rings is 1. The van der Waals surface area contributed by atoms with Gasteiger partial charge in [-0.3, -0.25) is 14.0 Å². The zero-order valence-corrected chi connectivity index (χ0v) is 9.85. The summed E-state index contributed by atoms with van der Waals surface area (Å²) in [7, 11) is 0. The molecular formula is C10H12N3O3S-. The maximum Gasteiger partial charge on any atom is 0.183 e. The lowest BCUT2D eigenvalue weighted by Gasteiger charge is -2.35. The third-order valence-corrected chi connectivity index (χ3v) is 3.45. The van der Waals surface area contributed by atoms with E-state index < -0.39 is 17.3 Å². The molecule has 17 heavy (non-hydrogen) atoms. The number of aromatic nitrogens is 1. The second-order valence-electron chi connectivity index (χ2n) is 3.68. The molecule has 2 unspecified atom stereocenters. The van der Waals surface area contributed by atoms with Crippen molar-refractivity contribution in [1.82, 2.24) is 14.6 Å². The molecular weight excluding hydrogens is 242 g/mol. The highest BCUT2D eigenvalue weighted by molar-refractivity contribution is 7.76. The first-order valence-corrected chi connectivity index (χ1v) is 6.24. The van der Waals surface area contributed by atoms with Crippen LogP contribution in [0.2, 0.25) is 0 Å². The van der Waals surface area contributed by atoms with Crippen molar-refractivity contribution in [2.75, 3.05) is 19.6 Å². The van der Waals surface area contributed by atoms with E-state index in [1.807, 2.05) is 0 Å². The van der Waals surface area contributed by atoms with Gasteiger partial charge in [0, 0.05) is 48.9 Å². The zero-order chi connectivity index (χ0) is 12.3. The Balaban J connectivity index is 2.20. The molecule has 7 heteroatoms. The number of Topliss-reactive ketones (excluding diaryl/α,β-unsaturated/α-hetero) is 1. The van der Waals surface area contributed by atoms with Crippen LogP contribution < -0.4 is 5.32 Å². The Kier molecular flexibility index (Phi) is 3.95. The van der Waals surface area contributed by atoms with Gasteiger partial charge in [-0.2, -0.15) is 0 Å². The van der Waals surface area contributed by atoms with Crippen LogP contribution in [-0.2, 0) is 11.3 Å². The lowest BCUT2D eigenvalue weighted by molar-refractivity contribution is 0.0872. The van der Waals surface area contributed by atoms with Gasteiger partial charge in [-0.05, 0) is 12.1 Å². The maximum atomic E-state index is 12.1. The van der Waals surface area contributed by atoms with Gasteiger partial charge >= 0.3 is 0 Å². The summed E-state index contributed by atoms with van der Waals surface area (Å²) in [6.45, 7) is 1.21. The van der Waals surface area contributed by atoms with E-state index in [1.165, 1.54) is 10.5 Å². The molecule has 0 spiro atoms. The molecule has 0 aliphatic carbocycles. The third kappa shape index (κ3) is 2.75. The minimum absolute atomic E-state index is 0.227. The van der Waals surface area contributed by atoms with Crippen molar-refractivity contribution in [2.24, 2.45) is 0 Å². The molecule has 1 N–H and O–H groups in total. The number of pyridine rings is 1. The quantitative estimate of drug-likeness (QED) is 0.571. The van der Waals surface area contributed by atoms with E-state index in [1.54, 1.807) is 18.3 Å². The van der Waals surface area contributed by atoms with Gasteiger partial charge in [0.15, 0.2) is 5.78 Å². The average Bonchev–Trinajstić information content (AvgIpc) is 2.39. The fraction of sp³-hybridized carbons (Fsp3) is 0.400. The highest BCUT2D eigenvalue weighted by Crippen LogP contribution is 2.11. The van der Waals surface area contributed by atoms with Gasteiger partial charge < -0.3 is 9.87 Å². The molecule has 2 rings (SSSR count). The molecule has 92 valence electrons. The lowest BCUT2D eigenvalue weighted by Crippen LogP contribution is -2.55. The first-order valence-electron chi connectivity index (χ1n) is 5.21. The van der Waals surface area contributed by atoms with Crippen LogP contribution in [0.25, 0.3) is 0 Å². The van der Waals surface area contributed by atoms with Crippen molar-refractivity contribution in [1.29, 1.82) is 0 Å². The standard InChI is InChI=1S/C10H13N3O3S/c14-10(8-2-1-3-11-6-8)9-7-12-4-5-13(9)17(15)16/h1-3,6,9,12H,4-5,7H2,(H,15,16)/p-1. The van der Waals surface area contributed by atoms with Gasteiger partial charge in [0.25, 0.3) is 0 Å². The van der Waals surface area contributed by atoms with Crippen LogP contribution in [0.1, 0.15) is 10.4 Å². The van der Waals surface area contributed by atoms with Crippen molar-refractivity contribution in [3.8, 4) is 0 Å². The predicted molar refractivity (Wildman–Crippen MR) is 60.9 cm³/mol.